The van der Waals surface area contributed by atoms with Crippen molar-refractivity contribution in [2.45, 2.75) is 45.7 Å². The van der Waals surface area contributed by atoms with E-state index in [0.717, 1.165) is 26.1 Å². The minimum absolute atomic E-state index is 0.0319. The van der Waals surface area contributed by atoms with Crippen LogP contribution in [0.3, 0.4) is 0 Å². The molecule has 2 aliphatic rings. The van der Waals surface area contributed by atoms with E-state index in [4.69, 9.17) is 18.9 Å². The molecule has 0 amide bonds. The summed E-state index contributed by atoms with van der Waals surface area (Å²) in [7, 11) is 0. The van der Waals surface area contributed by atoms with E-state index >= 15 is 0 Å². The molecule has 2 saturated heterocycles. The molecule has 2 aliphatic heterocycles. The van der Waals surface area contributed by atoms with E-state index in [9.17, 15) is 0 Å². The molecule has 0 N–H and O–H groups in total. The van der Waals surface area contributed by atoms with Gasteiger partial charge in [-0.05, 0) is 19.8 Å². The van der Waals surface area contributed by atoms with Crippen molar-refractivity contribution in [1.82, 2.24) is 0 Å². The van der Waals surface area contributed by atoms with E-state index in [0.29, 0.717) is 19.1 Å². The van der Waals surface area contributed by atoms with Crippen LogP contribution in [0, 0.1) is 11.8 Å². The molecule has 0 unspecified atom stereocenters. The Kier molecular flexibility index (Phi) is 6.31. The van der Waals surface area contributed by atoms with Crippen LogP contribution in [0.5, 0.6) is 0 Å². The summed E-state index contributed by atoms with van der Waals surface area (Å²) in [6.45, 7) is 7.00. The number of hydrogen-bond acceptors (Lipinski definition) is 4. The fourth-order valence-corrected chi connectivity index (χ4v) is 2.44. The van der Waals surface area contributed by atoms with Crippen molar-refractivity contribution >= 4 is 0 Å². The van der Waals surface area contributed by atoms with Crippen molar-refractivity contribution in [2.75, 3.05) is 26.4 Å². The third-order valence-electron chi connectivity index (χ3n) is 3.58. The molecule has 4 heteroatoms. The number of unbranched alkanes of at least 4 members (excludes halogenated alkanes) is 1. The molecule has 2 fully saturated rings. The predicted molar refractivity (Wildman–Crippen MR) is 72.7 cm³/mol. The molecule has 110 valence electrons. The summed E-state index contributed by atoms with van der Waals surface area (Å²) < 4.78 is 23.0. The largest absolute Gasteiger partial charge is 0.352 e. The molecule has 2 rings (SSSR count). The Morgan fingerprint density at radius 1 is 1.00 bits per heavy atom. The zero-order chi connectivity index (χ0) is 13.5. The van der Waals surface area contributed by atoms with Crippen LogP contribution in [0.25, 0.3) is 0 Å². The molecule has 19 heavy (non-hydrogen) atoms. The van der Waals surface area contributed by atoms with Gasteiger partial charge in [-0.25, -0.2) is 0 Å². The second-order valence-electron chi connectivity index (χ2n) is 5.32. The van der Waals surface area contributed by atoms with Crippen LogP contribution in [-0.2, 0) is 18.9 Å². The molecule has 0 aromatic heterocycles. The van der Waals surface area contributed by atoms with Gasteiger partial charge in [0.15, 0.2) is 12.6 Å². The van der Waals surface area contributed by atoms with Crippen molar-refractivity contribution < 1.29 is 18.9 Å². The standard InChI is InChI=1S/C15H26O4/c1-3-5-7-14-16-10-13(11-17-14)15-18-8-12(6-4-2)9-19-15/h4,6,12-15H,3,5,7-11H2,1-2H3/b6-4-/t12-,13?,14?,15-. The SMILES string of the molecule is C/C=C\[C@H]1CO[C@H](C2COC(CCCC)OC2)OC1. The van der Waals surface area contributed by atoms with Crippen LogP contribution in [0.2, 0.25) is 0 Å². The Bertz CT molecular complexity index is 263. The van der Waals surface area contributed by atoms with Crippen molar-refractivity contribution in [2.24, 2.45) is 11.8 Å². The van der Waals surface area contributed by atoms with Crippen LogP contribution in [0.15, 0.2) is 12.2 Å². The molecule has 0 aliphatic carbocycles. The van der Waals surface area contributed by atoms with E-state index in [1.54, 1.807) is 0 Å². The number of ether oxygens (including phenoxy) is 4. The second-order valence-corrected chi connectivity index (χ2v) is 5.32. The van der Waals surface area contributed by atoms with Gasteiger partial charge in [0.1, 0.15) is 0 Å². The van der Waals surface area contributed by atoms with Gasteiger partial charge >= 0.3 is 0 Å². The molecule has 4 nitrogen and oxygen atoms in total. The third-order valence-corrected chi connectivity index (χ3v) is 3.58. The van der Waals surface area contributed by atoms with Crippen LogP contribution < -0.4 is 0 Å². The Balaban J connectivity index is 1.68. The van der Waals surface area contributed by atoms with Crippen LogP contribution in [-0.4, -0.2) is 39.0 Å². The van der Waals surface area contributed by atoms with Gasteiger partial charge in [0.2, 0.25) is 0 Å². The highest BCUT2D eigenvalue weighted by molar-refractivity contribution is 4.87. The molecule has 0 atom stereocenters. The Hall–Kier alpha value is -0.420. The number of hydrogen-bond donors (Lipinski definition) is 0. The first-order valence-corrected chi connectivity index (χ1v) is 7.42. The highest BCUT2D eigenvalue weighted by Crippen LogP contribution is 2.24. The number of allylic oxidation sites excluding steroid dienone is 1. The minimum atomic E-state index is -0.173. The van der Waals surface area contributed by atoms with Gasteiger partial charge in [0, 0.05) is 5.92 Å². The fraction of sp³-hybridized carbons (Fsp3) is 0.867. The van der Waals surface area contributed by atoms with Crippen LogP contribution in [0.4, 0.5) is 0 Å². The molecule has 2 heterocycles. The van der Waals surface area contributed by atoms with Gasteiger partial charge in [-0.15, -0.1) is 0 Å². The molecular formula is C15H26O4. The first kappa shape index (κ1) is 15.0. The normalized spacial score (nSPS) is 36.7. The first-order chi connectivity index (χ1) is 9.33. The van der Waals surface area contributed by atoms with E-state index in [2.05, 4.69) is 13.0 Å². The smallest absolute Gasteiger partial charge is 0.164 e. The minimum Gasteiger partial charge on any atom is -0.352 e. The van der Waals surface area contributed by atoms with Gasteiger partial charge in [0.05, 0.1) is 32.3 Å². The van der Waals surface area contributed by atoms with Crippen LogP contribution in [0.1, 0.15) is 33.1 Å². The maximum atomic E-state index is 5.77. The summed E-state index contributed by atoms with van der Waals surface area (Å²) in [5.74, 6) is 0.577. The molecule has 0 spiro atoms. The maximum Gasteiger partial charge on any atom is 0.164 e. The van der Waals surface area contributed by atoms with Gasteiger partial charge in [-0.2, -0.15) is 0 Å². The third kappa shape index (κ3) is 4.56. The predicted octanol–water partition coefficient (Wildman–Crippen LogP) is 2.73. The molecular weight excluding hydrogens is 244 g/mol. The van der Waals surface area contributed by atoms with E-state index in [-0.39, 0.29) is 18.5 Å². The van der Waals surface area contributed by atoms with Crippen molar-refractivity contribution in [1.29, 1.82) is 0 Å². The highest BCUT2D eigenvalue weighted by Gasteiger charge is 2.32. The van der Waals surface area contributed by atoms with Gasteiger partial charge in [0.25, 0.3) is 0 Å². The van der Waals surface area contributed by atoms with E-state index in [1.807, 2.05) is 13.0 Å². The molecule has 0 bridgehead atoms. The molecule has 0 aromatic rings. The highest BCUT2D eigenvalue weighted by atomic mass is 16.7. The zero-order valence-electron chi connectivity index (χ0n) is 12.0. The van der Waals surface area contributed by atoms with Crippen molar-refractivity contribution in [3.63, 3.8) is 0 Å². The lowest BCUT2D eigenvalue weighted by molar-refractivity contribution is -0.278. The summed E-state index contributed by atoms with van der Waals surface area (Å²) in [4.78, 5) is 0. The van der Waals surface area contributed by atoms with Crippen molar-refractivity contribution in [3.05, 3.63) is 12.2 Å². The van der Waals surface area contributed by atoms with Gasteiger partial charge in [-0.1, -0.05) is 25.5 Å². The Morgan fingerprint density at radius 3 is 2.26 bits per heavy atom. The number of rotatable bonds is 5. The maximum absolute atomic E-state index is 5.77. The quantitative estimate of drug-likeness (QED) is 0.720. The fourth-order valence-electron chi connectivity index (χ4n) is 2.44. The van der Waals surface area contributed by atoms with E-state index in [1.165, 1.54) is 6.42 Å². The first-order valence-electron chi connectivity index (χ1n) is 7.42. The molecule has 0 radical (unpaired) electrons. The molecule has 0 aromatic carbocycles. The summed E-state index contributed by atoms with van der Waals surface area (Å²) in [6.07, 6.45) is 7.28. The molecule has 0 saturated carbocycles. The Morgan fingerprint density at radius 2 is 1.68 bits per heavy atom. The second kappa shape index (κ2) is 8.00. The lowest BCUT2D eigenvalue weighted by Gasteiger charge is -2.37. The summed E-state index contributed by atoms with van der Waals surface area (Å²) in [6, 6.07) is 0. The lowest BCUT2D eigenvalue weighted by atomic mass is 10.1. The topological polar surface area (TPSA) is 36.9 Å². The van der Waals surface area contributed by atoms with Crippen molar-refractivity contribution in [3.8, 4) is 0 Å². The summed E-state index contributed by atoms with van der Waals surface area (Å²) in [5.41, 5.74) is 0. The average molecular weight is 270 g/mol. The summed E-state index contributed by atoms with van der Waals surface area (Å²) in [5, 5.41) is 0. The summed E-state index contributed by atoms with van der Waals surface area (Å²) >= 11 is 0. The van der Waals surface area contributed by atoms with Crippen LogP contribution >= 0.6 is 0 Å². The van der Waals surface area contributed by atoms with E-state index < -0.39 is 0 Å². The monoisotopic (exact) mass is 270 g/mol. The lowest BCUT2D eigenvalue weighted by Crippen LogP contribution is -2.44. The zero-order valence-corrected chi connectivity index (χ0v) is 12.0. The van der Waals surface area contributed by atoms with Gasteiger partial charge in [-0.3, -0.25) is 0 Å². The Labute approximate surface area is 116 Å². The average Bonchev–Trinajstić information content (AvgIpc) is 2.47. The van der Waals surface area contributed by atoms with Gasteiger partial charge < -0.3 is 18.9 Å².